The van der Waals surface area contributed by atoms with Crippen molar-refractivity contribution in [1.82, 2.24) is 10.6 Å². The van der Waals surface area contributed by atoms with Crippen molar-refractivity contribution in [3.63, 3.8) is 0 Å². The van der Waals surface area contributed by atoms with Crippen LogP contribution in [0.3, 0.4) is 0 Å². The molecule has 2 rings (SSSR count). The molecule has 8 nitrogen and oxygen atoms in total. The van der Waals surface area contributed by atoms with E-state index in [9.17, 15) is 9.59 Å². The van der Waals surface area contributed by atoms with Crippen molar-refractivity contribution in [2.45, 2.75) is 50.0 Å². The summed E-state index contributed by atoms with van der Waals surface area (Å²) in [4.78, 5) is 20.7. The maximum Gasteiger partial charge on any atom is 0.323 e. The molecule has 4 atom stereocenters. The lowest BCUT2D eigenvalue weighted by Crippen LogP contribution is -2.49. The fourth-order valence-electron chi connectivity index (χ4n) is 2.18. The molecule has 8 heteroatoms. The summed E-state index contributed by atoms with van der Waals surface area (Å²) in [6.07, 6.45) is 1.47. The van der Waals surface area contributed by atoms with Crippen LogP contribution >= 0.6 is 0 Å². The number of nitrogens with one attached hydrogen (secondary N) is 2. The third-order valence-electron chi connectivity index (χ3n) is 3.38. The molecule has 0 radical (unpaired) electrons. The van der Waals surface area contributed by atoms with E-state index in [1.807, 2.05) is 0 Å². The van der Waals surface area contributed by atoms with Crippen LogP contribution in [-0.4, -0.2) is 69.7 Å². The molecule has 0 amide bonds. The van der Waals surface area contributed by atoms with Crippen LogP contribution in [0.2, 0.25) is 0 Å². The van der Waals surface area contributed by atoms with Gasteiger partial charge in [0.2, 0.25) is 0 Å². The highest BCUT2D eigenvalue weighted by Crippen LogP contribution is 2.08. The Bertz CT molecular complexity index is 330. The van der Waals surface area contributed by atoms with E-state index in [2.05, 4.69) is 10.6 Å². The topological polar surface area (TPSA) is 139 Å². The van der Waals surface area contributed by atoms with E-state index in [0.29, 0.717) is 32.4 Å². The number of carboxylic acid groups (broad SMARTS) is 2. The molecule has 0 aromatic rings. The summed E-state index contributed by atoms with van der Waals surface area (Å²) in [5, 5.41) is 40.5. The molecule has 20 heavy (non-hydrogen) atoms. The fraction of sp³-hybridized carbons (Fsp3) is 0.833. The maximum absolute atomic E-state index is 10.3. The van der Waals surface area contributed by atoms with Crippen molar-refractivity contribution < 1.29 is 30.0 Å². The lowest BCUT2D eigenvalue weighted by atomic mass is 10.0. The number of carboxylic acids is 2. The molecule has 2 aliphatic rings. The third-order valence-corrected chi connectivity index (χ3v) is 3.38. The first-order chi connectivity index (χ1) is 9.41. The van der Waals surface area contributed by atoms with E-state index < -0.39 is 30.1 Å². The smallest absolute Gasteiger partial charge is 0.323 e. The van der Waals surface area contributed by atoms with Crippen molar-refractivity contribution in [3.05, 3.63) is 0 Å². The number of carbonyl (C=O) groups is 2. The molecule has 0 aliphatic carbocycles. The van der Waals surface area contributed by atoms with Gasteiger partial charge in [-0.25, -0.2) is 0 Å². The van der Waals surface area contributed by atoms with Crippen LogP contribution in [0.15, 0.2) is 0 Å². The maximum atomic E-state index is 10.3. The normalized spacial score (nSPS) is 33.7. The average Bonchev–Trinajstić information content (AvgIpc) is 2.40. The van der Waals surface area contributed by atoms with Crippen LogP contribution in [0.5, 0.6) is 0 Å². The van der Waals surface area contributed by atoms with Gasteiger partial charge in [-0.05, 0) is 32.2 Å². The van der Waals surface area contributed by atoms with E-state index in [1.165, 1.54) is 0 Å². The zero-order chi connectivity index (χ0) is 15.1. The van der Waals surface area contributed by atoms with Crippen LogP contribution in [0.25, 0.3) is 0 Å². The number of piperidine rings is 2. The number of aliphatic hydroxyl groups is 2. The molecule has 0 aromatic heterocycles. The molecule has 6 N–H and O–H groups in total. The minimum atomic E-state index is -0.966. The molecule has 2 saturated heterocycles. The fourth-order valence-corrected chi connectivity index (χ4v) is 2.18. The Morgan fingerprint density at radius 1 is 0.950 bits per heavy atom. The predicted molar refractivity (Wildman–Crippen MR) is 69.3 cm³/mol. The second kappa shape index (κ2) is 8.15. The molecule has 0 bridgehead atoms. The lowest BCUT2D eigenvalue weighted by molar-refractivity contribution is -0.143. The highest BCUT2D eigenvalue weighted by molar-refractivity contribution is 5.74. The zero-order valence-corrected chi connectivity index (χ0v) is 11.2. The molecular weight excluding hydrogens is 268 g/mol. The van der Waals surface area contributed by atoms with Crippen molar-refractivity contribution in [3.8, 4) is 0 Å². The van der Waals surface area contributed by atoms with Gasteiger partial charge in [-0.1, -0.05) is 0 Å². The number of aliphatic hydroxyl groups excluding tert-OH is 2. The van der Waals surface area contributed by atoms with E-state index >= 15 is 0 Å². The average molecular weight is 290 g/mol. The van der Waals surface area contributed by atoms with Crippen LogP contribution in [0.4, 0.5) is 0 Å². The van der Waals surface area contributed by atoms with Gasteiger partial charge in [0.15, 0.2) is 0 Å². The summed E-state index contributed by atoms with van der Waals surface area (Å²) in [6, 6.07) is -1.21. The number of hydrogen-bond acceptors (Lipinski definition) is 6. The van der Waals surface area contributed by atoms with E-state index in [1.54, 1.807) is 0 Å². The van der Waals surface area contributed by atoms with Crippen molar-refractivity contribution in [2.75, 3.05) is 13.1 Å². The van der Waals surface area contributed by atoms with Crippen LogP contribution in [0, 0.1) is 0 Å². The van der Waals surface area contributed by atoms with Gasteiger partial charge < -0.3 is 31.1 Å². The first-order valence-electron chi connectivity index (χ1n) is 6.70. The number of rotatable bonds is 2. The molecule has 4 unspecified atom stereocenters. The van der Waals surface area contributed by atoms with Crippen molar-refractivity contribution in [1.29, 1.82) is 0 Å². The number of hydrogen-bond donors (Lipinski definition) is 6. The quantitative estimate of drug-likeness (QED) is 0.356. The van der Waals surface area contributed by atoms with Gasteiger partial charge in [0.25, 0.3) is 0 Å². The minimum absolute atomic E-state index is 0.365. The van der Waals surface area contributed by atoms with Crippen LogP contribution in [-0.2, 0) is 9.59 Å². The molecule has 2 fully saturated rings. The summed E-state index contributed by atoms with van der Waals surface area (Å²) in [7, 11) is 0. The SMILES string of the molecule is O=C(O)C1CCC(O)CN1.O=C(O)C1NCCCC1O. The summed E-state index contributed by atoms with van der Waals surface area (Å²) < 4.78 is 0. The predicted octanol–water partition coefficient (Wildman–Crippen LogP) is -1.63. The molecule has 0 saturated carbocycles. The van der Waals surface area contributed by atoms with E-state index in [0.717, 1.165) is 6.42 Å². The second-order valence-corrected chi connectivity index (χ2v) is 5.01. The summed E-state index contributed by atoms with van der Waals surface area (Å²) >= 11 is 0. The molecule has 116 valence electrons. The lowest BCUT2D eigenvalue weighted by Gasteiger charge is -2.24. The number of aliphatic carboxylic acids is 2. The standard InChI is InChI=1S/2C6H11NO3/c8-4-1-2-5(6(9)10)7-3-4;8-4-2-1-3-7-5(4)6(9)10/h2*4-5,7-8H,1-3H2,(H,9,10). The Morgan fingerprint density at radius 3 is 2.05 bits per heavy atom. The Balaban J connectivity index is 0.000000200. The zero-order valence-electron chi connectivity index (χ0n) is 11.2. The van der Waals surface area contributed by atoms with Gasteiger partial charge in [0, 0.05) is 6.54 Å². The summed E-state index contributed by atoms with van der Waals surface area (Å²) in [6.45, 7) is 1.09. The van der Waals surface area contributed by atoms with Crippen LogP contribution in [0.1, 0.15) is 25.7 Å². The third kappa shape index (κ3) is 5.41. The Hall–Kier alpha value is -1.22. The first kappa shape index (κ1) is 16.8. The van der Waals surface area contributed by atoms with E-state index in [-0.39, 0.29) is 6.10 Å². The first-order valence-corrected chi connectivity index (χ1v) is 6.70. The van der Waals surface area contributed by atoms with Crippen LogP contribution < -0.4 is 10.6 Å². The Kier molecular flexibility index (Phi) is 6.86. The van der Waals surface area contributed by atoms with Gasteiger partial charge >= 0.3 is 11.9 Å². The van der Waals surface area contributed by atoms with Gasteiger partial charge in [-0.3, -0.25) is 9.59 Å². The molecule has 2 aliphatic heterocycles. The number of β-amino-alcohol motifs (C(OH)–C–C–N with tert-alkyl or cyclic N) is 1. The van der Waals surface area contributed by atoms with E-state index in [4.69, 9.17) is 20.4 Å². The highest BCUT2D eigenvalue weighted by atomic mass is 16.4. The molecule has 2 heterocycles. The summed E-state index contributed by atoms with van der Waals surface area (Å²) in [5.41, 5.74) is 0. The highest BCUT2D eigenvalue weighted by Gasteiger charge is 2.28. The monoisotopic (exact) mass is 290 g/mol. The Morgan fingerprint density at radius 2 is 1.65 bits per heavy atom. The van der Waals surface area contributed by atoms with Crippen molar-refractivity contribution in [2.24, 2.45) is 0 Å². The minimum Gasteiger partial charge on any atom is -0.480 e. The summed E-state index contributed by atoms with van der Waals surface area (Å²) in [5.74, 6) is -1.79. The van der Waals surface area contributed by atoms with Crippen molar-refractivity contribution >= 4 is 11.9 Å². The van der Waals surface area contributed by atoms with Gasteiger partial charge in [0.05, 0.1) is 12.2 Å². The Labute approximate surface area is 116 Å². The molecule has 0 aromatic carbocycles. The van der Waals surface area contributed by atoms with Gasteiger partial charge in [0.1, 0.15) is 12.1 Å². The largest absolute Gasteiger partial charge is 0.480 e. The van der Waals surface area contributed by atoms with Gasteiger partial charge in [-0.2, -0.15) is 0 Å². The molecular formula is C12H22N2O6. The van der Waals surface area contributed by atoms with Gasteiger partial charge in [-0.15, -0.1) is 0 Å². The molecule has 0 spiro atoms. The second-order valence-electron chi connectivity index (χ2n) is 5.01.